The summed E-state index contributed by atoms with van der Waals surface area (Å²) < 4.78 is 25.5. The zero-order valence-electron chi connectivity index (χ0n) is 8.77. The number of sulfonamides is 1. The van der Waals surface area contributed by atoms with Crippen molar-refractivity contribution in [1.29, 1.82) is 0 Å². The predicted octanol–water partition coefficient (Wildman–Crippen LogP) is 1.86. The highest BCUT2D eigenvalue weighted by Crippen LogP contribution is 2.21. The van der Waals surface area contributed by atoms with E-state index in [1.807, 2.05) is 6.92 Å². The Labute approximate surface area is 103 Å². The van der Waals surface area contributed by atoms with Gasteiger partial charge in [-0.2, -0.15) is 4.31 Å². The number of aromatic nitrogens is 1. The maximum atomic E-state index is 12.0. The molecule has 1 rings (SSSR count). The molecule has 0 N–H and O–H groups in total. The Hall–Kier alpha value is 0.0200. The molecule has 0 fully saturated rings. The monoisotopic (exact) mass is 312 g/mol. The number of nitrogens with zero attached hydrogens (tertiary/aromatic N) is 2. The third kappa shape index (κ3) is 3.24. The number of alkyl halides is 1. The lowest BCUT2D eigenvalue weighted by Crippen LogP contribution is -2.30. The fourth-order valence-electron chi connectivity index (χ4n) is 1.07. The highest BCUT2D eigenvalue weighted by Gasteiger charge is 2.23. The number of thiazole rings is 1. The summed E-state index contributed by atoms with van der Waals surface area (Å²) in [5.74, 6) is 0. The number of halogens is 1. The van der Waals surface area contributed by atoms with Crippen molar-refractivity contribution in [3.05, 3.63) is 11.2 Å². The zero-order chi connectivity index (χ0) is 11.6. The SMILES string of the molecule is Cc1ncc(S(=O)(=O)N(C)CC(C)Br)s1. The molecule has 0 saturated carbocycles. The van der Waals surface area contributed by atoms with Gasteiger partial charge in [-0.1, -0.05) is 22.9 Å². The van der Waals surface area contributed by atoms with Crippen molar-refractivity contribution in [3.63, 3.8) is 0 Å². The molecular weight excluding hydrogens is 300 g/mol. The largest absolute Gasteiger partial charge is 0.253 e. The molecule has 0 saturated heterocycles. The Morgan fingerprint density at radius 1 is 1.67 bits per heavy atom. The molecule has 86 valence electrons. The van der Waals surface area contributed by atoms with Crippen molar-refractivity contribution in [3.8, 4) is 0 Å². The van der Waals surface area contributed by atoms with Gasteiger partial charge in [0.1, 0.15) is 0 Å². The smallest absolute Gasteiger partial charge is 0.249 e. The van der Waals surface area contributed by atoms with Crippen LogP contribution in [0.4, 0.5) is 0 Å². The lowest BCUT2D eigenvalue weighted by atomic mass is 10.5. The van der Waals surface area contributed by atoms with E-state index in [1.165, 1.54) is 21.8 Å². The van der Waals surface area contributed by atoms with E-state index in [0.29, 0.717) is 10.8 Å². The highest BCUT2D eigenvalue weighted by molar-refractivity contribution is 9.09. The van der Waals surface area contributed by atoms with Crippen LogP contribution in [0.15, 0.2) is 10.4 Å². The molecule has 4 nitrogen and oxygen atoms in total. The molecule has 1 aromatic rings. The van der Waals surface area contributed by atoms with E-state index >= 15 is 0 Å². The second kappa shape index (κ2) is 4.90. The van der Waals surface area contributed by atoms with Gasteiger partial charge in [0.25, 0.3) is 10.0 Å². The molecule has 0 aliphatic heterocycles. The van der Waals surface area contributed by atoms with Crippen LogP contribution in [-0.2, 0) is 10.0 Å². The topological polar surface area (TPSA) is 50.3 Å². The second-order valence-corrected chi connectivity index (χ2v) is 8.33. The first-order valence-electron chi connectivity index (χ1n) is 4.37. The average molecular weight is 313 g/mol. The molecule has 15 heavy (non-hydrogen) atoms. The summed E-state index contributed by atoms with van der Waals surface area (Å²) in [4.78, 5) is 4.08. The Morgan fingerprint density at radius 3 is 2.67 bits per heavy atom. The van der Waals surface area contributed by atoms with Crippen LogP contribution in [0.2, 0.25) is 0 Å². The van der Waals surface area contributed by atoms with Gasteiger partial charge in [-0.3, -0.25) is 0 Å². The van der Waals surface area contributed by atoms with E-state index in [-0.39, 0.29) is 4.83 Å². The highest BCUT2D eigenvalue weighted by atomic mass is 79.9. The number of aryl methyl sites for hydroxylation is 1. The molecule has 0 radical (unpaired) electrons. The van der Waals surface area contributed by atoms with Crippen LogP contribution in [0.5, 0.6) is 0 Å². The van der Waals surface area contributed by atoms with E-state index in [2.05, 4.69) is 20.9 Å². The van der Waals surface area contributed by atoms with Crippen LogP contribution in [0.25, 0.3) is 0 Å². The first-order valence-corrected chi connectivity index (χ1v) is 7.54. The normalized spacial score (nSPS) is 14.5. The predicted molar refractivity (Wildman–Crippen MR) is 65.1 cm³/mol. The summed E-state index contributed by atoms with van der Waals surface area (Å²) in [7, 11) is -1.78. The van der Waals surface area contributed by atoms with E-state index < -0.39 is 10.0 Å². The second-order valence-electron chi connectivity index (χ2n) is 3.26. The zero-order valence-corrected chi connectivity index (χ0v) is 12.0. The molecule has 1 aromatic heterocycles. The molecule has 1 heterocycles. The van der Waals surface area contributed by atoms with Gasteiger partial charge < -0.3 is 0 Å². The lowest BCUT2D eigenvalue weighted by molar-refractivity contribution is 0.475. The molecule has 0 bridgehead atoms. The Balaban J connectivity index is 2.93. The number of rotatable bonds is 4. The van der Waals surface area contributed by atoms with Gasteiger partial charge in [-0.15, -0.1) is 11.3 Å². The molecule has 0 aliphatic rings. The van der Waals surface area contributed by atoms with Crippen molar-refractivity contribution in [1.82, 2.24) is 9.29 Å². The molecule has 0 aromatic carbocycles. The van der Waals surface area contributed by atoms with Crippen molar-refractivity contribution < 1.29 is 8.42 Å². The van der Waals surface area contributed by atoms with E-state index in [1.54, 1.807) is 14.0 Å². The Bertz CT molecular complexity index is 428. The van der Waals surface area contributed by atoms with Gasteiger partial charge in [0.2, 0.25) is 0 Å². The molecule has 1 unspecified atom stereocenters. The standard InChI is InChI=1S/C8H13BrN2O2S2/c1-6(9)5-11(3)15(12,13)8-4-10-7(2)14-8/h4,6H,5H2,1-3H3. The summed E-state index contributed by atoms with van der Waals surface area (Å²) in [6, 6.07) is 0. The molecule has 0 spiro atoms. The fraction of sp³-hybridized carbons (Fsp3) is 0.625. The van der Waals surface area contributed by atoms with Gasteiger partial charge in [0, 0.05) is 18.4 Å². The summed E-state index contributed by atoms with van der Waals surface area (Å²) in [5.41, 5.74) is 0. The Morgan fingerprint density at radius 2 is 2.27 bits per heavy atom. The number of hydrogen-bond acceptors (Lipinski definition) is 4. The van der Waals surface area contributed by atoms with Gasteiger partial charge in [-0.05, 0) is 6.92 Å². The van der Waals surface area contributed by atoms with E-state index in [0.717, 1.165) is 5.01 Å². The van der Waals surface area contributed by atoms with Gasteiger partial charge >= 0.3 is 0 Å². The minimum absolute atomic E-state index is 0.131. The van der Waals surface area contributed by atoms with Crippen LogP contribution in [0, 0.1) is 6.92 Å². The van der Waals surface area contributed by atoms with Gasteiger partial charge in [-0.25, -0.2) is 13.4 Å². The van der Waals surface area contributed by atoms with Crippen LogP contribution < -0.4 is 0 Å². The fourth-order valence-corrected chi connectivity index (χ4v) is 4.27. The maximum absolute atomic E-state index is 12.0. The minimum Gasteiger partial charge on any atom is -0.249 e. The maximum Gasteiger partial charge on any atom is 0.253 e. The van der Waals surface area contributed by atoms with Crippen molar-refractivity contribution >= 4 is 37.3 Å². The summed E-state index contributed by atoms with van der Waals surface area (Å²) >= 11 is 4.52. The van der Waals surface area contributed by atoms with Crippen LogP contribution >= 0.6 is 27.3 Å². The quantitative estimate of drug-likeness (QED) is 0.797. The third-order valence-corrected chi connectivity index (χ3v) is 5.24. The van der Waals surface area contributed by atoms with E-state index in [4.69, 9.17) is 0 Å². The molecule has 1 atom stereocenters. The third-order valence-electron chi connectivity index (χ3n) is 1.77. The van der Waals surface area contributed by atoms with Crippen LogP contribution in [0.1, 0.15) is 11.9 Å². The van der Waals surface area contributed by atoms with Crippen molar-refractivity contribution in [2.75, 3.05) is 13.6 Å². The molecule has 7 heteroatoms. The first-order chi connectivity index (χ1) is 6.84. The molecular formula is C8H13BrN2O2S2. The molecule has 0 aliphatic carbocycles. The summed E-state index contributed by atoms with van der Waals surface area (Å²) in [6.45, 7) is 4.14. The van der Waals surface area contributed by atoms with Crippen LogP contribution in [-0.4, -0.2) is 36.1 Å². The van der Waals surface area contributed by atoms with Gasteiger partial charge in [0.05, 0.1) is 11.2 Å². The van der Waals surface area contributed by atoms with Crippen LogP contribution in [0.3, 0.4) is 0 Å². The minimum atomic E-state index is -3.35. The van der Waals surface area contributed by atoms with Gasteiger partial charge in [0.15, 0.2) is 4.21 Å². The number of hydrogen-bond donors (Lipinski definition) is 0. The average Bonchev–Trinajstić information content (AvgIpc) is 2.50. The molecule has 0 amide bonds. The lowest BCUT2D eigenvalue weighted by Gasteiger charge is -2.16. The summed E-state index contributed by atoms with van der Waals surface area (Å²) in [6.07, 6.45) is 1.41. The Kier molecular flexibility index (Phi) is 4.28. The first kappa shape index (κ1) is 13.1. The van der Waals surface area contributed by atoms with Crippen molar-refractivity contribution in [2.24, 2.45) is 0 Å². The van der Waals surface area contributed by atoms with E-state index in [9.17, 15) is 8.42 Å². The summed E-state index contributed by atoms with van der Waals surface area (Å²) in [5, 5.41) is 0.758. The van der Waals surface area contributed by atoms with Crippen molar-refractivity contribution in [2.45, 2.75) is 22.9 Å².